The molecule has 0 saturated carbocycles. The van der Waals surface area contributed by atoms with Gasteiger partial charge in [0, 0.05) is 50.4 Å². The van der Waals surface area contributed by atoms with Gasteiger partial charge in [-0.25, -0.2) is 14.8 Å². The summed E-state index contributed by atoms with van der Waals surface area (Å²) in [6.45, 7) is 10.7. The van der Waals surface area contributed by atoms with Crippen LogP contribution in [0.3, 0.4) is 0 Å². The van der Waals surface area contributed by atoms with Crippen molar-refractivity contribution in [2.45, 2.75) is 33.2 Å². The average molecular weight is 354 g/mol. The number of aromatic nitrogens is 2. The normalized spacial score (nSPS) is 15.5. The van der Waals surface area contributed by atoms with Crippen molar-refractivity contribution in [3.05, 3.63) is 53.0 Å². The van der Waals surface area contributed by atoms with Gasteiger partial charge in [-0.1, -0.05) is 26.0 Å². The number of anilines is 1. The Bertz CT molecular complexity index is 783. The molecule has 1 fully saturated rings. The van der Waals surface area contributed by atoms with Crippen LogP contribution in [0.15, 0.2) is 30.3 Å². The van der Waals surface area contributed by atoms with Gasteiger partial charge in [0.2, 0.25) is 0 Å². The van der Waals surface area contributed by atoms with Crippen molar-refractivity contribution >= 4 is 11.8 Å². The van der Waals surface area contributed by atoms with Crippen LogP contribution in [0, 0.1) is 6.92 Å². The molecule has 0 spiro atoms. The molecular weight excluding hydrogens is 328 g/mol. The van der Waals surface area contributed by atoms with Crippen LogP contribution < -0.4 is 4.90 Å². The smallest absolute Gasteiger partial charge is 0.335 e. The molecule has 6 heteroatoms. The molecule has 0 bridgehead atoms. The molecule has 1 aromatic heterocycles. The Morgan fingerprint density at radius 3 is 2.54 bits per heavy atom. The Morgan fingerprint density at radius 2 is 1.88 bits per heavy atom. The van der Waals surface area contributed by atoms with Gasteiger partial charge in [0.15, 0.2) is 0 Å². The number of rotatable bonds is 5. The summed E-state index contributed by atoms with van der Waals surface area (Å²) in [5, 5.41) is 9.13. The van der Waals surface area contributed by atoms with Gasteiger partial charge in [0.05, 0.1) is 5.56 Å². The van der Waals surface area contributed by atoms with E-state index in [0.717, 1.165) is 55.6 Å². The quantitative estimate of drug-likeness (QED) is 0.890. The van der Waals surface area contributed by atoms with E-state index in [2.05, 4.69) is 34.7 Å². The molecule has 1 N–H and O–H groups in total. The lowest BCUT2D eigenvalue weighted by atomic mass is 10.1. The van der Waals surface area contributed by atoms with Crippen LogP contribution in [0.1, 0.15) is 47.2 Å². The van der Waals surface area contributed by atoms with Crippen LogP contribution in [0.25, 0.3) is 0 Å². The summed E-state index contributed by atoms with van der Waals surface area (Å²) in [6.07, 6.45) is 0. The van der Waals surface area contributed by atoms with Gasteiger partial charge in [-0.05, 0) is 24.6 Å². The number of nitrogens with zero attached hydrogens (tertiary/aromatic N) is 4. The molecule has 0 radical (unpaired) electrons. The number of aryl methyl sites for hydroxylation is 1. The minimum atomic E-state index is -0.878. The molecule has 2 aromatic rings. The zero-order valence-corrected chi connectivity index (χ0v) is 15.6. The van der Waals surface area contributed by atoms with Crippen molar-refractivity contribution in [2.75, 3.05) is 31.1 Å². The monoisotopic (exact) mass is 354 g/mol. The van der Waals surface area contributed by atoms with Gasteiger partial charge in [0.25, 0.3) is 0 Å². The van der Waals surface area contributed by atoms with Gasteiger partial charge in [-0.3, -0.25) is 4.90 Å². The second-order valence-electron chi connectivity index (χ2n) is 7.15. The molecular formula is C20H26N4O2. The van der Waals surface area contributed by atoms with Gasteiger partial charge in [-0.15, -0.1) is 0 Å². The predicted octanol–water partition coefficient (Wildman–Crippen LogP) is 2.93. The van der Waals surface area contributed by atoms with Crippen molar-refractivity contribution in [3.8, 4) is 0 Å². The summed E-state index contributed by atoms with van der Waals surface area (Å²) in [5.74, 6) is 1.34. The van der Waals surface area contributed by atoms with Crippen LogP contribution >= 0.6 is 0 Å². The number of carboxylic acid groups (broad SMARTS) is 1. The molecule has 6 nitrogen and oxygen atoms in total. The van der Waals surface area contributed by atoms with E-state index < -0.39 is 5.97 Å². The standard InChI is InChI=1S/C20H26N4O2/c1-14(2)19-21-15(3)11-18(22-19)24-9-7-23(8-10-24)13-16-5-4-6-17(12-16)20(25)26/h4-6,11-12,14H,7-10,13H2,1-3H3,(H,25,26). The minimum absolute atomic E-state index is 0.316. The fourth-order valence-electron chi connectivity index (χ4n) is 3.19. The van der Waals surface area contributed by atoms with E-state index >= 15 is 0 Å². The Morgan fingerprint density at radius 1 is 1.15 bits per heavy atom. The van der Waals surface area contributed by atoms with Crippen molar-refractivity contribution in [1.82, 2.24) is 14.9 Å². The second kappa shape index (κ2) is 7.83. The van der Waals surface area contributed by atoms with E-state index in [1.807, 2.05) is 19.1 Å². The Balaban J connectivity index is 1.63. The lowest BCUT2D eigenvalue weighted by Gasteiger charge is -2.35. The number of benzene rings is 1. The van der Waals surface area contributed by atoms with Gasteiger partial charge >= 0.3 is 5.97 Å². The molecule has 0 atom stereocenters. The summed E-state index contributed by atoms with van der Waals surface area (Å²) in [7, 11) is 0. The van der Waals surface area contributed by atoms with E-state index in [1.54, 1.807) is 12.1 Å². The van der Waals surface area contributed by atoms with Crippen LogP contribution in [0.5, 0.6) is 0 Å². The predicted molar refractivity (Wildman–Crippen MR) is 102 cm³/mol. The maximum atomic E-state index is 11.1. The molecule has 1 saturated heterocycles. The van der Waals surface area contributed by atoms with E-state index in [4.69, 9.17) is 10.1 Å². The van der Waals surface area contributed by atoms with Crippen molar-refractivity contribution < 1.29 is 9.90 Å². The molecule has 3 rings (SSSR count). The summed E-state index contributed by atoms with van der Waals surface area (Å²) in [4.78, 5) is 25.0. The molecule has 2 heterocycles. The number of hydrogen-bond donors (Lipinski definition) is 1. The third kappa shape index (κ3) is 4.38. The molecule has 0 unspecified atom stereocenters. The maximum absolute atomic E-state index is 11.1. The first-order chi connectivity index (χ1) is 12.4. The highest BCUT2D eigenvalue weighted by Crippen LogP contribution is 2.19. The first kappa shape index (κ1) is 18.3. The Hall–Kier alpha value is -2.47. The third-order valence-corrected chi connectivity index (χ3v) is 4.65. The first-order valence-electron chi connectivity index (χ1n) is 9.07. The Labute approximate surface area is 154 Å². The van der Waals surface area contributed by atoms with Crippen molar-refractivity contribution in [2.24, 2.45) is 0 Å². The lowest BCUT2D eigenvalue weighted by molar-refractivity contribution is 0.0696. The molecule has 0 amide bonds. The van der Waals surface area contributed by atoms with E-state index in [9.17, 15) is 4.79 Å². The van der Waals surface area contributed by atoms with E-state index in [1.165, 1.54) is 0 Å². The molecule has 1 aliphatic rings. The lowest BCUT2D eigenvalue weighted by Crippen LogP contribution is -2.46. The summed E-state index contributed by atoms with van der Waals surface area (Å²) in [6, 6.07) is 9.25. The third-order valence-electron chi connectivity index (χ3n) is 4.65. The molecule has 138 valence electrons. The van der Waals surface area contributed by atoms with E-state index in [-0.39, 0.29) is 0 Å². The number of aromatic carboxylic acids is 1. The second-order valence-corrected chi connectivity index (χ2v) is 7.15. The Kier molecular flexibility index (Phi) is 5.52. The largest absolute Gasteiger partial charge is 0.478 e. The van der Waals surface area contributed by atoms with E-state index in [0.29, 0.717) is 11.5 Å². The highest BCUT2D eigenvalue weighted by atomic mass is 16.4. The van der Waals surface area contributed by atoms with Crippen LogP contribution in [-0.4, -0.2) is 52.1 Å². The van der Waals surface area contributed by atoms with Crippen LogP contribution in [-0.2, 0) is 6.54 Å². The maximum Gasteiger partial charge on any atom is 0.335 e. The zero-order chi connectivity index (χ0) is 18.7. The molecule has 1 aromatic carbocycles. The van der Waals surface area contributed by atoms with Gasteiger partial charge < -0.3 is 10.0 Å². The number of carboxylic acids is 1. The molecule has 1 aliphatic heterocycles. The van der Waals surface area contributed by atoms with Crippen molar-refractivity contribution in [3.63, 3.8) is 0 Å². The fraction of sp³-hybridized carbons (Fsp3) is 0.450. The number of hydrogen-bond acceptors (Lipinski definition) is 5. The highest BCUT2D eigenvalue weighted by Gasteiger charge is 2.20. The summed E-state index contributed by atoms with van der Waals surface area (Å²) in [5.41, 5.74) is 2.39. The summed E-state index contributed by atoms with van der Waals surface area (Å²) < 4.78 is 0. The first-order valence-corrected chi connectivity index (χ1v) is 9.07. The fourth-order valence-corrected chi connectivity index (χ4v) is 3.19. The summed E-state index contributed by atoms with van der Waals surface area (Å²) >= 11 is 0. The minimum Gasteiger partial charge on any atom is -0.478 e. The number of carbonyl (C=O) groups is 1. The van der Waals surface area contributed by atoms with Crippen LogP contribution in [0.4, 0.5) is 5.82 Å². The molecule has 26 heavy (non-hydrogen) atoms. The average Bonchev–Trinajstić information content (AvgIpc) is 2.62. The SMILES string of the molecule is Cc1cc(N2CCN(Cc3cccc(C(=O)O)c3)CC2)nc(C(C)C)n1. The number of piperazine rings is 1. The highest BCUT2D eigenvalue weighted by molar-refractivity contribution is 5.87. The van der Waals surface area contributed by atoms with Crippen molar-refractivity contribution in [1.29, 1.82) is 0 Å². The topological polar surface area (TPSA) is 69.6 Å². The van der Waals surface area contributed by atoms with Gasteiger partial charge in [0.1, 0.15) is 11.6 Å². The zero-order valence-electron chi connectivity index (χ0n) is 15.6. The van der Waals surface area contributed by atoms with Crippen LogP contribution in [0.2, 0.25) is 0 Å². The van der Waals surface area contributed by atoms with Gasteiger partial charge in [-0.2, -0.15) is 0 Å². The molecule has 0 aliphatic carbocycles.